The van der Waals surface area contributed by atoms with E-state index in [1.54, 1.807) is 4.90 Å². The van der Waals surface area contributed by atoms with Crippen molar-refractivity contribution in [3.8, 4) is 0 Å². The van der Waals surface area contributed by atoms with Crippen molar-refractivity contribution in [1.29, 1.82) is 0 Å². The Hall–Kier alpha value is -0.810. The maximum atomic E-state index is 11.9. The number of piperidine rings is 1. The second kappa shape index (κ2) is 5.67. The van der Waals surface area contributed by atoms with Crippen molar-refractivity contribution in [3.05, 3.63) is 0 Å². The van der Waals surface area contributed by atoms with Gasteiger partial charge in [0.15, 0.2) is 0 Å². The number of carbonyl (C=O) groups is 1. The second-order valence-electron chi connectivity index (χ2n) is 6.84. The predicted octanol–water partition coefficient (Wildman–Crippen LogP) is 1.73. The van der Waals surface area contributed by atoms with Gasteiger partial charge in [-0.1, -0.05) is 13.8 Å². The van der Waals surface area contributed by atoms with Gasteiger partial charge in [0.2, 0.25) is 0 Å². The minimum Gasteiger partial charge on any atom is -0.444 e. The average Bonchev–Trinajstić information content (AvgIpc) is 2.26. The van der Waals surface area contributed by atoms with E-state index in [1.807, 2.05) is 34.6 Å². The first-order valence-corrected chi connectivity index (χ1v) is 7.01. The van der Waals surface area contributed by atoms with E-state index < -0.39 is 11.2 Å². The van der Waals surface area contributed by atoms with E-state index in [9.17, 15) is 9.90 Å². The van der Waals surface area contributed by atoms with Crippen molar-refractivity contribution in [3.63, 3.8) is 0 Å². The lowest BCUT2D eigenvalue weighted by Crippen LogP contribution is -2.57. The van der Waals surface area contributed by atoms with Crippen LogP contribution >= 0.6 is 0 Å². The molecule has 5 heteroatoms. The molecule has 5 nitrogen and oxygen atoms in total. The van der Waals surface area contributed by atoms with E-state index in [1.165, 1.54) is 0 Å². The van der Waals surface area contributed by atoms with E-state index in [4.69, 9.17) is 10.5 Å². The van der Waals surface area contributed by atoms with Gasteiger partial charge in [-0.05, 0) is 39.5 Å². The summed E-state index contributed by atoms with van der Waals surface area (Å²) < 4.78 is 5.33. The Bertz CT molecular complexity index is 315. The standard InChI is InChI=1S/C14H28N2O3/c1-10(2)11(15)14(18)6-8-16(9-7-14)12(17)19-13(3,4)5/h10-11,18H,6-9,15H2,1-5H3. The van der Waals surface area contributed by atoms with Crippen LogP contribution < -0.4 is 5.73 Å². The van der Waals surface area contributed by atoms with Crippen molar-refractivity contribution in [2.45, 2.75) is 64.7 Å². The summed E-state index contributed by atoms with van der Waals surface area (Å²) in [6.07, 6.45) is 0.699. The first-order valence-electron chi connectivity index (χ1n) is 7.01. The van der Waals surface area contributed by atoms with E-state index in [0.29, 0.717) is 25.9 Å². The van der Waals surface area contributed by atoms with Gasteiger partial charge in [-0.2, -0.15) is 0 Å². The Morgan fingerprint density at radius 1 is 1.32 bits per heavy atom. The van der Waals surface area contributed by atoms with Crippen LogP contribution in [-0.2, 0) is 4.74 Å². The summed E-state index contributed by atoms with van der Waals surface area (Å²) in [5, 5.41) is 10.5. The van der Waals surface area contributed by atoms with Crippen LogP contribution in [0.3, 0.4) is 0 Å². The molecule has 1 heterocycles. The van der Waals surface area contributed by atoms with Gasteiger partial charge in [-0.25, -0.2) is 4.79 Å². The molecular weight excluding hydrogens is 244 g/mol. The molecule has 0 aromatic rings. The Morgan fingerprint density at radius 2 is 1.79 bits per heavy atom. The Balaban J connectivity index is 2.55. The Kier molecular flexibility index (Phi) is 4.85. The highest BCUT2D eigenvalue weighted by Crippen LogP contribution is 2.28. The topological polar surface area (TPSA) is 75.8 Å². The summed E-state index contributed by atoms with van der Waals surface area (Å²) in [6, 6.07) is -0.256. The number of nitrogens with two attached hydrogens (primary N) is 1. The van der Waals surface area contributed by atoms with Gasteiger partial charge >= 0.3 is 6.09 Å². The molecule has 0 spiro atoms. The fraction of sp³-hybridized carbons (Fsp3) is 0.929. The van der Waals surface area contributed by atoms with Crippen LogP contribution in [0.1, 0.15) is 47.5 Å². The van der Waals surface area contributed by atoms with Gasteiger partial charge in [-0.3, -0.25) is 0 Å². The molecule has 112 valence electrons. The van der Waals surface area contributed by atoms with Crippen molar-refractivity contribution in [1.82, 2.24) is 4.90 Å². The van der Waals surface area contributed by atoms with Crippen molar-refractivity contribution in [2.75, 3.05) is 13.1 Å². The summed E-state index contributed by atoms with van der Waals surface area (Å²) in [7, 11) is 0. The molecule has 0 aliphatic carbocycles. The molecule has 19 heavy (non-hydrogen) atoms. The molecule has 0 saturated carbocycles. The van der Waals surface area contributed by atoms with Gasteiger partial charge in [0.25, 0.3) is 0 Å². The Morgan fingerprint density at radius 3 is 2.16 bits per heavy atom. The quantitative estimate of drug-likeness (QED) is 0.802. The molecule has 1 saturated heterocycles. The molecule has 3 N–H and O–H groups in total. The normalized spacial score (nSPS) is 21.4. The SMILES string of the molecule is CC(C)C(N)C1(O)CCN(C(=O)OC(C)(C)C)CC1. The molecule has 1 atom stereocenters. The largest absolute Gasteiger partial charge is 0.444 e. The van der Waals surface area contributed by atoms with Gasteiger partial charge < -0.3 is 20.5 Å². The molecule has 1 aliphatic rings. The summed E-state index contributed by atoms with van der Waals surface area (Å²) in [5.74, 6) is 0.220. The van der Waals surface area contributed by atoms with Gasteiger partial charge in [0, 0.05) is 19.1 Å². The molecule has 0 radical (unpaired) electrons. The maximum Gasteiger partial charge on any atom is 0.410 e. The number of hydrogen-bond acceptors (Lipinski definition) is 4. The van der Waals surface area contributed by atoms with Gasteiger partial charge in [0.1, 0.15) is 5.60 Å². The lowest BCUT2D eigenvalue weighted by molar-refractivity contribution is -0.0551. The number of rotatable bonds is 2. The third-order valence-electron chi connectivity index (χ3n) is 3.62. The molecule has 1 rings (SSSR count). The van der Waals surface area contributed by atoms with Crippen LogP contribution in [0.15, 0.2) is 0 Å². The summed E-state index contributed by atoms with van der Waals surface area (Å²) in [5.41, 5.74) is 4.71. The smallest absolute Gasteiger partial charge is 0.410 e. The third-order valence-corrected chi connectivity index (χ3v) is 3.62. The fourth-order valence-corrected chi connectivity index (χ4v) is 2.36. The Labute approximate surface area is 116 Å². The zero-order valence-corrected chi connectivity index (χ0v) is 12.8. The molecule has 0 aromatic carbocycles. The first kappa shape index (κ1) is 16.2. The monoisotopic (exact) mass is 272 g/mol. The number of ether oxygens (including phenoxy) is 1. The van der Waals surface area contributed by atoms with Crippen LogP contribution in [0.2, 0.25) is 0 Å². The summed E-state index contributed by atoms with van der Waals surface area (Å²) in [6.45, 7) is 10.5. The first-order chi connectivity index (χ1) is 8.55. The molecular formula is C14H28N2O3. The van der Waals surface area contributed by atoms with Crippen molar-refractivity contribution >= 4 is 6.09 Å². The molecule has 1 amide bonds. The third kappa shape index (κ3) is 4.35. The highest BCUT2D eigenvalue weighted by Gasteiger charge is 2.40. The van der Waals surface area contributed by atoms with E-state index in [0.717, 1.165) is 0 Å². The molecule has 1 aliphatic heterocycles. The molecule has 1 fully saturated rings. The minimum atomic E-state index is -0.868. The molecule has 0 bridgehead atoms. The summed E-state index contributed by atoms with van der Waals surface area (Å²) >= 11 is 0. The molecule has 0 aromatic heterocycles. The second-order valence-corrected chi connectivity index (χ2v) is 6.84. The van der Waals surface area contributed by atoms with Crippen LogP contribution in [-0.4, -0.2) is 46.4 Å². The van der Waals surface area contributed by atoms with Gasteiger partial charge in [-0.15, -0.1) is 0 Å². The zero-order chi connectivity index (χ0) is 14.8. The highest BCUT2D eigenvalue weighted by atomic mass is 16.6. The zero-order valence-electron chi connectivity index (χ0n) is 12.8. The maximum absolute atomic E-state index is 11.9. The highest BCUT2D eigenvalue weighted by molar-refractivity contribution is 5.68. The number of amides is 1. The summed E-state index contributed by atoms with van der Waals surface area (Å²) in [4.78, 5) is 13.6. The average molecular weight is 272 g/mol. The lowest BCUT2D eigenvalue weighted by atomic mass is 9.80. The van der Waals surface area contributed by atoms with Crippen molar-refractivity contribution in [2.24, 2.45) is 11.7 Å². The minimum absolute atomic E-state index is 0.220. The number of likely N-dealkylation sites (tertiary alicyclic amines) is 1. The van der Waals surface area contributed by atoms with E-state index in [2.05, 4.69) is 0 Å². The predicted molar refractivity (Wildman–Crippen MR) is 74.8 cm³/mol. The van der Waals surface area contributed by atoms with Crippen LogP contribution in [0.25, 0.3) is 0 Å². The number of carbonyl (C=O) groups excluding carboxylic acids is 1. The van der Waals surface area contributed by atoms with Crippen LogP contribution in [0.5, 0.6) is 0 Å². The number of nitrogens with zero attached hydrogens (tertiary/aromatic N) is 1. The van der Waals surface area contributed by atoms with E-state index >= 15 is 0 Å². The van der Waals surface area contributed by atoms with Crippen LogP contribution in [0.4, 0.5) is 4.79 Å². The van der Waals surface area contributed by atoms with E-state index in [-0.39, 0.29) is 18.1 Å². The van der Waals surface area contributed by atoms with Crippen molar-refractivity contribution < 1.29 is 14.6 Å². The number of aliphatic hydroxyl groups is 1. The molecule has 1 unspecified atom stereocenters. The van der Waals surface area contributed by atoms with Crippen LogP contribution in [0, 0.1) is 5.92 Å². The lowest BCUT2D eigenvalue weighted by Gasteiger charge is -2.43. The fourth-order valence-electron chi connectivity index (χ4n) is 2.36. The number of hydrogen-bond donors (Lipinski definition) is 2. The van der Waals surface area contributed by atoms with Gasteiger partial charge in [0.05, 0.1) is 5.60 Å².